The van der Waals surface area contributed by atoms with Crippen LogP contribution in [0.25, 0.3) is 0 Å². The number of unbranched alkanes of at least 4 members (excludes halogenated alkanes) is 2. The fourth-order valence-corrected chi connectivity index (χ4v) is 1.48. The fraction of sp³-hybridized carbons (Fsp3) is 0.533. The van der Waals surface area contributed by atoms with Crippen LogP contribution >= 0.6 is 0 Å². The molecule has 0 spiro atoms. The van der Waals surface area contributed by atoms with Gasteiger partial charge < -0.3 is 10.4 Å². The van der Waals surface area contributed by atoms with E-state index in [0.29, 0.717) is 18.5 Å². The molecule has 0 amide bonds. The minimum absolute atomic E-state index is 0.393. The lowest BCUT2D eigenvalue weighted by molar-refractivity contribution is -0.132. The number of carboxylic acid groups (broad SMARTS) is 1. The van der Waals surface area contributed by atoms with Crippen molar-refractivity contribution in [2.24, 2.45) is 0 Å². The molecule has 2 N–H and O–H groups in total. The van der Waals surface area contributed by atoms with E-state index in [1.807, 2.05) is 25.2 Å². The van der Waals surface area contributed by atoms with Crippen LogP contribution in [0.2, 0.25) is 0 Å². The minimum atomic E-state index is -0.859. The Labute approximate surface area is 110 Å². The van der Waals surface area contributed by atoms with E-state index in [4.69, 9.17) is 5.11 Å². The second kappa shape index (κ2) is 10.6. The number of nitrogens with one attached hydrogen (secondary N) is 1. The summed E-state index contributed by atoms with van der Waals surface area (Å²) in [6, 6.07) is 0. The van der Waals surface area contributed by atoms with Gasteiger partial charge in [0.25, 0.3) is 0 Å². The highest BCUT2D eigenvalue weighted by Crippen LogP contribution is 2.04. The monoisotopic (exact) mass is 251 g/mol. The molecule has 0 heterocycles. The van der Waals surface area contributed by atoms with Gasteiger partial charge in [0.15, 0.2) is 0 Å². The van der Waals surface area contributed by atoms with Crippen molar-refractivity contribution in [3.05, 3.63) is 35.6 Å². The SMILES string of the molecule is CCCC/C=C/C=C/CN/C(CC)=C(\C)C(=O)O. The van der Waals surface area contributed by atoms with Gasteiger partial charge in [-0.3, -0.25) is 0 Å². The van der Waals surface area contributed by atoms with Gasteiger partial charge in [-0.15, -0.1) is 0 Å². The van der Waals surface area contributed by atoms with Crippen LogP contribution in [0.1, 0.15) is 46.5 Å². The van der Waals surface area contributed by atoms with Crippen LogP contribution in [0.4, 0.5) is 0 Å². The summed E-state index contributed by atoms with van der Waals surface area (Å²) in [7, 11) is 0. The third-order valence-electron chi connectivity index (χ3n) is 2.67. The third kappa shape index (κ3) is 7.71. The molecule has 0 fully saturated rings. The summed E-state index contributed by atoms with van der Waals surface area (Å²) in [6.45, 7) is 6.41. The van der Waals surface area contributed by atoms with Crippen LogP contribution in [0.15, 0.2) is 35.6 Å². The number of allylic oxidation sites excluding steroid dienone is 4. The first kappa shape index (κ1) is 16.5. The zero-order valence-electron chi connectivity index (χ0n) is 11.7. The highest BCUT2D eigenvalue weighted by molar-refractivity contribution is 5.86. The first-order valence-electron chi connectivity index (χ1n) is 6.62. The first-order chi connectivity index (χ1) is 8.63. The lowest BCUT2D eigenvalue weighted by Crippen LogP contribution is -2.17. The van der Waals surface area contributed by atoms with Crippen molar-refractivity contribution < 1.29 is 9.90 Å². The summed E-state index contributed by atoms with van der Waals surface area (Å²) >= 11 is 0. The largest absolute Gasteiger partial charge is 0.478 e. The second-order valence-electron chi connectivity index (χ2n) is 4.14. The van der Waals surface area contributed by atoms with Crippen molar-refractivity contribution in [3.8, 4) is 0 Å². The summed E-state index contributed by atoms with van der Waals surface area (Å²) in [5.74, 6) is -0.859. The highest BCUT2D eigenvalue weighted by Gasteiger charge is 2.05. The Morgan fingerprint density at radius 3 is 2.44 bits per heavy atom. The molecule has 0 aromatic heterocycles. The van der Waals surface area contributed by atoms with Crippen LogP contribution in [-0.4, -0.2) is 17.6 Å². The van der Waals surface area contributed by atoms with E-state index in [-0.39, 0.29) is 0 Å². The molecular formula is C15H25NO2. The number of rotatable bonds is 9. The summed E-state index contributed by atoms with van der Waals surface area (Å²) in [5.41, 5.74) is 1.19. The molecule has 0 aromatic rings. The van der Waals surface area contributed by atoms with Crippen LogP contribution in [0, 0.1) is 0 Å². The van der Waals surface area contributed by atoms with E-state index in [1.165, 1.54) is 12.8 Å². The molecular weight excluding hydrogens is 226 g/mol. The average molecular weight is 251 g/mol. The standard InChI is InChI=1S/C15H25NO2/c1-4-6-7-8-9-10-11-12-16-14(5-2)13(3)15(17)18/h8-11,16H,4-7,12H2,1-3H3,(H,17,18)/b9-8+,11-10+,14-13+. The molecule has 0 aliphatic rings. The topological polar surface area (TPSA) is 49.3 Å². The second-order valence-corrected chi connectivity index (χ2v) is 4.14. The van der Waals surface area contributed by atoms with E-state index in [9.17, 15) is 4.79 Å². The minimum Gasteiger partial charge on any atom is -0.478 e. The smallest absolute Gasteiger partial charge is 0.333 e. The van der Waals surface area contributed by atoms with E-state index in [1.54, 1.807) is 6.92 Å². The maximum absolute atomic E-state index is 10.8. The van der Waals surface area contributed by atoms with Crippen molar-refractivity contribution in [3.63, 3.8) is 0 Å². The molecule has 0 saturated carbocycles. The number of aliphatic carboxylic acids is 1. The summed E-state index contributed by atoms with van der Waals surface area (Å²) in [5, 5.41) is 12.0. The van der Waals surface area contributed by atoms with E-state index >= 15 is 0 Å². The van der Waals surface area contributed by atoms with Crippen molar-refractivity contribution in [2.45, 2.75) is 46.5 Å². The zero-order chi connectivity index (χ0) is 13.8. The molecule has 0 aliphatic heterocycles. The van der Waals surface area contributed by atoms with E-state index in [2.05, 4.69) is 18.3 Å². The van der Waals surface area contributed by atoms with E-state index in [0.717, 1.165) is 12.1 Å². The molecule has 102 valence electrons. The van der Waals surface area contributed by atoms with Crippen molar-refractivity contribution in [2.75, 3.05) is 6.54 Å². The maximum Gasteiger partial charge on any atom is 0.333 e. The number of carbonyl (C=O) groups is 1. The van der Waals surface area contributed by atoms with Gasteiger partial charge in [0.2, 0.25) is 0 Å². The van der Waals surface area contributed by atoms with Crippen molar-refractivity contribution in [1.29, 1.82) is 0 Å². The lowest BCUT2D eigenvalue weighted by Gasteiger charge is -2.08. The Morgan fingerprint density at radius 2 is 1.89 bits per heavy atom. The average Bonchev–Trinajstić information content (AvgIpc) is 2.36. The fourth-order valence-electron chi connectivity index (χ4n) is 1.48. The number of hydrogen-bond donors (Lipinski definition) is 2. The summed E-state index contributed by atoms with van der Waals surface area (Å²) in [4.78, 5) is 10.8. The molecule has 0 radical (unpaired) electrons. The predicted octanol–water partition coefficient (Wildman–Crippen LogP) is 3.65. The molecule has 0 aliphatic carbocycles. The van der Waals surface area contributed by atoms with Gasteiger partial charge >= 0.3 is 5.97 Å². The van der Waals surface area contributed by atoms with Gasteiger partial charge in [-0.2, -0.15) is 0 Å². The molecule has 0 atom stereocenters. The Bertz CT molecular complexity index is 327. The molecule has 3 nitrogen and oxygen atoms in total. The molecule has 18 heavy (non-hydrogen) atoms. The predicted molar refractivity (Wildman–Crippen MR) is 76.4 cm³/mol. The van der Waals surface area contributed by atoms with E-state index < -0.39 is 5.97 Å². The van der Waals surface area contributed by atoms with Crippen LogP contribution in [0.3, 0.4) is 0 Å². The van der Waals surface area contributed by atoms with Gasteiger partial charge in [0.1, 0.15) is 0 Å². The molecule has 0 aromatic carbocycles. The molecule has 0 saturated heterocycles. The Hall–Kier alpha value is -1.51. The Kier molecular flexibility index (Phi) is 9.74. The number of hydrogen-bond acceptors (Lipinski definition) is 2. The number of carboxylic acids is 1. The van der Waals surface area contributed by atoms with Gasteiger partial charge in [-0.05, 0) is 19.8 Å². The Balaban J connectivity index is 4.02. The zero-order valence-corrected chi connectivity index (χ0v) is 11.7. The molecule has 0 rings (SSSR count). The van der Waals surface area contributed by atoms with Gasteiger partial charge in [-0.1, -0.05) is 51.0 Å². The molecule has 0 unspecified atom stereocenters. The normalized spacial score (nSPS) is 13.1. The molecule has 3 heteroatoms. The van der Waals surface area contributed by atoms with Gasteiger partial charge in [0, 0.05) is 12.2 Å². The van der Waals surface area contributed by atoms with Crippen LogP contribution in [0.5, 0.6) is 0 Å². The quantitative estimate of drug-likeness (QED) is 0.373. The van der Waals surface area contributed by atoms with Gasteiger partial charge in [0.05, 0.1) is 5.57 Å². The molecule has 0 bridgehead atoms. The van der Waals surface area contributed by atoms with Crippen LogP contribution < -0.4 is 5.32 Å². The van der Waals surface area contributed by atoms with Crippen molar-refractivity contribution >= 4 is 5.97 Å². The highest BCUT2D eigenvalue weighted by atomic mass is 16.4. The third-order valence-corrected chi connectivity index (χ3v) is 2.67. The van der Waals surface area contributed by atoms with Gasteiger partial charge in [-0.25, -0.2) is 4.79 Å². The Morgan fingerprint density at radius 1 is 1.22 bits per heavy atom. The van der Waals surface area contributed by atoms with Crippen LogP contribution in [-0.2, 0) is 4.79 Å². The van der Waals surface area contributed by atoms with Crippen molar-refractivity contribution in [1.82, 2.24) is 5.32 Å². The lowest BCUT2D eigenvalue weighted by atomic mass is 10.2. The first-order valence-corrected chi connectivity index (χ1v) is 6.62. The maximum atomic E-state index is 10.8. The summed E-state index contributed by atoms with van der Waals surface area (Å²) in [6.07, 6.45) is 12.4. The summed E-state index contributed by atoms with van der Waals surface area (Å²) < 4.78 is 0.